The van der Waals surface area contributed by atoms with Crippen LogP contribution >= 0.6 is 23.5 Å². The molecule has 0 fully saturated rings. The molecule has 0 radical (unpaired) electrons. The van der Waals surface area contributed by atoms with E-state index < -0.39 is 0 Å². The molecule has 7 heteroatoms. The van der Waals surface area contributed by atoms with Gasteiger partial charge in [0.25, 0.3) is 0 Å². The van der Waals surface area contributed by atoms with E-state index in [4.69, 9.17) is 11.6 Å². The van der Waals surface area contributed by atoms with Gasteiger partial charge in [-0.1, -0.05) is 0 Å². The molecule has 17 heavy (non-hydrogen) atoms. The monoisotopic (exact) mass is 265 g/mol. The predicted molar refractivity (Wildman–Crippen MR) is 69.0 cm³/mol. The first-order chi connectivity index (χ1) is 8.28. The van der Waals surface area contributed by atoms with Gasteiger partial charge < -0.3 is 4.98 Å². The number of rotatable bonds is 2. The van der Waals surface area contributed by atoms with Crippen LogP contribution in [-0.4, -0.2) is 30.4 Å². The highest BCUT2D eigenvalue weighted by Gasteiger charge is 2.10. The lowest BCUT2D eigenvalue weighted by Gasteiger charge is -1.94. The highest BCUT2D eigenvalue weighted by molar-refractivity contribution is 7.97. The van der Waals surface area contributed by atoms with Gasteiger partial charge in [0.05, 0.1) is 5.69 Å². The van der Waals surface area contributed by atoms with Gasteiger partial charge in [-0.05, 0) is 29.6 Å². The molecule has 0 bridgehead atoms. The Morgan fingerprint density at radius 3 is 3.12 bits per heavy atom. The van der Waals surface area contributed by atoms with Crippen LogP contribution in [0.1, 0.15) is 0 Å². The zero-order valence-corrected chi connectivity index (χ0v) is 10.5. The molecule has 0 aliphatic carbocycles. The summed E-state index contributed by atoms with van der Waals surface area (Å²) in [5.41, 5.74) is 2.58. The van der Waals surface area contributed by atoms with Crippen molar-refractivity contribution in [2.24, 2.45) is 0 Å². The van der Waals surface area contributed by atoms with Gasteiger partial charge in [0.1, 0.15) is 5.65 Å². The van der Waals surface area contributed by atoms with E-state index in [1.54, 1.807) is 10.3 Å². The van der Waals surface area contributed by atoms with Crippen molar-refractivity contribution in [3.05, 3.63) is 29.9 Å². The number of nitrogens with one attached hydrogen (secondary N) is 1. The van der Waals surface area contributed by atoms with Crippen LogP contribution in [-0.2, 0) is 0 Å². The Kier molecular flexibility index (Phi) is 2.53. The molecule has 1 N–H and O–H groups in total. The summed E-state index contributed by atoms with van der Waals surface area (Å²) in [6.45, 7) is 0. The topological polar surface area (TPSA) is 59.4 Å². The smallest absolute Gasteiger partial charge is 0.224 e. The highest BCUT2D eigenvalue weighted by atomic mass is 35.5. The standard InChI is InChI=1S/C10H8ClN5S/c1-17-16-3-2-8(15-16)6-4-12-9-7(6)5-13-10(11)14-9/h2-5H,1H3,(H,12,13,14). The molecular weight excluding hydrogens is 258 g/mol. The highest BCUT2D eigenvalue weighted by Crippen LogP contribution is 2.26. The van der Waals surface area contributed by atoms with Crippen LogP contribution in [0, 0.1) is 0 Å². The Morgan fingerprint density at radius 2 is 2.35 bits per heavy atom. The summed E-state index contributed by atoms with van der Waals surface area (Å²) in [6.07, 6.45) is 7.45. The predicted octanol–water partition coefficient (Wildman–Crippen LogP) is 2.60. The van der Waals surface area contributed by atoms with Crippen molar-refractivity contribution in [2.75, 3.05) is 6.26 Å². The molecule has 3 aromatic rings. The van der Waals surface area contributed by atoms with Crippen LogP contribution < -0.4 is 0 Å². The van der Waals surface area contributed by atoms with E-state index in [2.05, 4.69) is 20.1 Å². The summed E-state index contributed by atoms with van der Waals surface area (Å²) in [7, 11) is 0. The maximum atomic E-state index is 5.74. The van der Waals surface area contributed by atoms with Crippen molar-refractivity contribution in [3.8, 4) is 11.3 Å². The van der Waals surface area contributed by atoms with E-state index in [9.17, 15) is 0 Å². The molecular formula is C10H8ClN5S. The normalized spacial score (nSPS) is 11.2. The van der Waals surface area contributed by atoms with Gasteiger partial charge in [-0.25, -0.2) is 9.07 Å². The molecule has 0 aromatic carbocycles. The molecule has 3 heterocycles. The Balaban J connectivity index is 2.17. The molecule has 0 saturated carbocycles. The summed E-state index contributed by atoms with van der Waals surface area (Å²) in [5.74, 6) is 0. The van der Waals surface area contributed by atoms with Crippen molar-refractivity contribution in [2.45, 2.75) is 0 Å². The summed E-state index contributed by atoms with van der Waals surface area (Å²) in [4.78, 5) is 11.2. The van der Waals surface area contributed by atoms with E-state index in [0.717, 1.165) is 22.3 Å². The third-order valence-corrected chi connectivity index (χ3v) is 3.19. The lowest BCUT2D eigenvalue weighted by Crippen LogP contribution is -1.86. The largest absolute Gasteiger partial charge is 0.345 e. The second-order valence-electron chi connectivity index (χ2n) is 3.39. The molecule has 86 valence electrons. The van der Waals surface area contributed by atoms with Crippen LogP contribution in [0.5, 0.6) is 0 Å². The van der Waals surface area contributed by atoms with Crippen molar-refractivity contribution < 1.29 is 0 Å². The number of hydrogen-bond acceptors (Lipinski definition) is 4. The molecule has 0 aliphatic rings. The average Bonchev–Trinajstić information content (AvgIpc) is 2.93. The molecule has 0 atom stereocenters. The lowest BCUT2D eigenvalue weighted by molar-refractivity contribution is 1.02. The Hall–Kier alpha value is -1.53. The van der Waals surface area contributed by atoms with Gasteiger partial charge in [0.15, 0.2) is 0 Å². The van der Waals surface area contributed by atoms with Crippen LogP contribution in [0.2, 0.25) is 5.28 Å². The molecule has 5 nitrogen and oxygen atoms in total. The minimum Gasteiger partial charge on any atom is -0.345 e. The summed E-state index contributed by atoms with van der Waals surface area (Å²) in [5, 5.41) is 5.57. The zero-order chi connectivity index (χ0) is 11.8. The fraction of sp³-hybridized carbons (Fsp3) is 0.100. The van der Waals surface area contributed by atoms with Gasteiger partial charge in [-0.2, -0.15) is 10.1 Å². The average molecular weight is 266 g/mol. The summed E-state index contributed by atoms with van der Waals surface area (Å²) < 4.78 is 1.80. The molecule has 0 spiro atoms. The van der Waals surface area contributed by atoms with Gasteiger partial charge in [0.2, 0.25) is 5.28 Å². The fourth-order valence-corrected chi connectivity index (χ4v) is 2.14. The molecule has 3 aromatic heterocycles. The number of aromatic amines is 1. The van der Waals surface area contributed by atoms with Gasteiger partial charge >= 0.3 is 0 Å². The SMILES string of the molecule is CSn1ccc(-c2c[nH]c3nc(Cl)ncc23)n1. The number of aromatic nitrogens is 5. The number of fused-ring (bicyclic) bond motifs is 1. The Bertz CT molecular complexity index is 674. The molecule has 0 saturated heterocycles. The molecule has 3 rings (SSSR count). The minimum absolute atomic E-state index is 0.237. The molecule has 0 amide bonds. The van der Waals surface area contributed by atoms with E-state index in [1.807, 2.05) is 24.7 Å². The van der Waals surface area contributed by atoms with Crippen molar-refractivity contribution in [1.82, 2.24) is 24.1 Å². The second kappa shape index (κ2) is 4.05. The van der Waals surface area contributed by atoms with E-state index >= 15 is 0 Å². The van der Waals surface area contributed by atoms with Crippen LogP contribution in [0.15, 0.2) is 24.7 Å². The first-order valence-corrected chi connectivity index (χ1v) is 6.44. The third kappa shape index (κ3) is 1.79. The van der Waals surface area contributed by atoms with Crippen molar-refractivity contribution >= 4 is 34.6 Å². The van der Waals surface area contributed by atoms with E-state index in [-0.39, 0.29) is 5.28 Å². The Morgan fingerprint density at radius 1 is 1.47 bits per heavy atom. The van der Waals surface area contributed by atoms with Crippen LogP contribution in [0.25, 0.3) is 22.3 Å². The third-order valence-electron chi connectivity index (χ3n) is 2.43. The zero-order valence-electron chi connectivity index (χ0n) is 8.88. The number of hydrogen-bond donors (Lipinski definition) is 1. The maximum absolute atomic E-state index is 5.74. The molecule has 0 aliphatic heterocycles. The lowest BCUT2D eigenvalue weighted by atomic mass is 10.2. The first-order valence-electron chi connectivity index (χ1n) is 4.88. The maximum Gasteiger partial charge on any atom is 0.224 e. The summed E-state index contributed by atoms with van der Waals surface area (Å²) >= 11 is 7.27. The van der Waals surface area contributed by atoms with Gasteiger partial charge in [-0.15, -0.1) is 0 Å². The van der Waals surface area contributed by atoms with E-state index in [0.29, 0.717) is 0 Å². The summed E-state index contributed by atoms with van der Waals surface area (Å²) in [6, 6.07) is 1.95. The molecule has 0 unspecified atom stereocenters. The van der Waals surface area contributed by atoms with Crippen molar-refractivity contribution in [3.63, 3.8) is 0 Å². The van der Waals surface area contributed by atoms with Crippen molar-refractivity contribution in [1.29, 1.82) is 0 Å². The Labute approximate surface area is 106 Å². The fourth-order valence-electron chi connectivity index (χ4n) is 1.65. The van der Waals surface area contributed by atoms with Crippen LogP contribution in [0.4, 0.5) is 0 Å². The number of H-pyrrole nitrogens is 1. The van der Waals surface area contributed by atoms with Gasteiger partial charge in [0, 0.05) is 35.8 Å². The van der Waals surface area contributed by atoms with Crippen LogP contribution in [0.3, 0.4) is 0 Å². The minimum atomic E-state index is 0.237. The second-order valence-corrected chi connectivity index (χ2v) is 4.47. The first kappa shape index (κ1) is 10.6. The van der Waals surface area contributed by atoms with E-state index in [1.165, 1.54) is 11.9 Å². The van der Waals surface area contributed by atoms with Gasteiger partial charge in [-0.3, -0.25) is 0 Å². The number of nitrogens with zero attached hydrogens (tertiary/aromatic N) is 4. The number of halogens is 1. The quantitative estimate of drug-likeness (QED) is 0.724.